The number of carbonyl (C=O) groups is 1. The third-order valence-corrected chi connectivity index (χ3v) is 3.27. The van der Waals surface area contributed by atoms with E-state index in [0.29, 0.717) is 5.52 Å². The predicted octanol–water partition coefficient (Wildman–Crippen LogP) is 0.773. The molecule has 1 heterocycles. The van der Waals surface area contributed by atoms with Gasteiger partial charge in [-0.2, -0.15) is 0 Å². The number of carboxylic acids is 1. The van der Waals surface area contributed by atoms with Crippen molar-refractivity contribution in [3.63, 3.8) is 0 Å². The first-order chi connectivity index (χ1) is 11.1. The lowest BCUT2D eigenvalue weighted by molar-refractivity contribution is -0.385. The number of nitrogens with one attached hydrogen (secondary N) is 1. The van der Waals surface area contributed by atoms with Crippen LogP contribution in [0.15, 0.2) is 42.5 Å². The number of carboxylic acid groups (broad SMARTS) is 1. The maximum atomic E-state index is 11.2. The lowest BCUT2D eigenvalue weighted by Gasteiger charge is -2.12. The monoisotopic (exact) mass is 312 g/mol. The van der Waals surface area contributed by atoms with Crippen LogP contribution < -0.4 is 10.4 Å². The maximum absolute atomic E-state index is 11.2. The number of aromatic nitrogens is 3. The standard InChI is InChI=1S/C14H11N5O4/c20-14(21)10-7-9(19(22)23)5-6-11(10)15-8-18-13-4-2-1-3-12(13)16-17-18/h1-7,15H,8H2,(H,20,21)/p-1. The SMILES string of the molecule is O=C([O-])c1cc([N+](=O)[O-])ccc1NCn1nnc2ccccc21. The number of para-hydroxylation sites is 1. The van der Waals surface area contributed by atoms with Gasteiger partial charge in [-0.05, 0) is 18.2 Å². The highest BCUT2D eigenvalue weighted by Gasteiger charge is 2.12. The summed E-state index contributed by atoms with van der Waals surface area (Å²) in [5.41, 5.74) is 1.08. The van der Waals surface area contributed by atoms with E-state index in [9.17, 15) is 20.0 Å². The molecule has 0 saturated heterocycles. The van der Waals surface area contributed by atoms with Crippen molar-refractivity contribution in [3.05, 3.63) is 58.1 Å². The van der Waals surface area contributed by atoms with Gasteiger partial charge in [0, 0.05) is 23.4 Å². The molecule has 116 valence electrons. The van der Waals surface area contributed by atoms with Crippen LogP contribution in [0.5, 0.6) is 0 Å². The molecule has 0 aliphatic heterocycles. The number of nitro groups is 1. The van der Waals surface area contributed by atoms with Crippen LogP contribution in [-0.4, -0.2) is 25.9 Å². The molecule has 0 aliphatic rings. The summed E-state index contributed by atoms with van der Waals surface area (Å²) in [5, 5.41) is 32.7. The number of nitro benzene ring substituents is 1. The van der Waals surface area contributed by atoms with Crippen LogP contribution in [-0.2, 0) is 6.67 Å². The Bertz CT molecular complexity index is 905. The van der Waals surface area contributed by atoms with E-state index in [4.69, 9.17) is 0 Å². The number of aromatic carboxylic acids is 1. The first-order valence-corrected chi connectivity index (χ1v) is 6.58. The largest absolute Gasteiger partial charge is 0.545 e. The first-order valence-electron chi connectivity index (χ1n) is 6.58. The highest BCUT2D eigenvalue weighted by atomic mass is 16.6. The van der Waals surface area contributed by atoms with Crippen molar-refractivity contribution in [2.75, 3.05) is 5.32 Å². The predicted molar refractivity (Wildman–Crippen MR) is 78.6 cm³/mol. The zero-order valence-corrected chi connectivity index (χ0v) is 11.7. The lowest BCUT2D eigenvalue weighted by atomic mass is 10.1. The Morgan fingerprint density at radius 3 is 2.78 bits per heavy atom. The van der Waals surface area contributed by atoms with Crippen LogP contribution in [0.4, 0.5) is 11.4 Å². The normalized spacial score (nSPS) is 10.6. The van der Waals surface area contributed by atoms with E-state index in [1.165, 1.54) is 12.1 Å². The Morgan fingerprint density at radius 2 is 2.04 bits per heavy atom. The van der Waals surface area contributed by atoms with Crippen LogP contribution in [0.3, 0.4) is 0 Å². The van der Waals surface area contributed by atoms with Gasteiger partial charge in [0.05, 0.1) is 16.4 Å². The Balaban J connectivity index is 1.88. The number of non-ortho nitro benzene ring substituents is 1. The van der Waals surface area contributed by atoms with E-state index in [0.717, 1.165) is 11.6 Å². The fraction of sp³-hybridized carbons (Fsp3) is 0.0714. The van der Waals surface area contributed by atoms with E-state index in [1.807, 2.05) is 18.2 Å². The van der Waals surface area contributed by atoms with Crippen LogP contribution in [0, 0.1) is 10.1 Å². The smallest absolute Gasteiger partial charge is 0.270 e. The highest BCUT2D eigenvalue weighted by molar-refractivity contribution is 5.93. The molecule has 3 rings (SSSR count). The van der Waals surface area contributed by atoms with Gasteiger partial charge in [0.2, 0.25) is 0 Å². The zero-order valence-electron chi connectivity index (χ0n) is 11.7. The van der Waals surface area contributed by atoms with E-state index in [-0.39, 0.29) is 23.6 Å². The van der Waals surface area contributed by atoms with Gasteiger partial charge < -0.3 is 15.2 Å². The summed E-state index contributed by atoms with van der Waals surface area (Å²) >= 11 is 0. The van der Waals surface area contributed by atoms with Crippen molar-refractivity contribution in [2.24, 2.45) is 0 Å². The zero-order chi connectivity index (χ0) is 16.4. The van der Waals surface area contributed by atoms with Crippen LogP contribution in [0.25, 0.3) is 11.0 Å². The molecule has 0 fully saturated rings. The first kappa shape index (κ1) is 14.4. The summed E-state index contributed by atoms with van der Waals surface area (Å²) in [6, 6.07) is 10.8. The molecule has 9 nitrogen and oxygen atoms in total. The maximum Gasteiger partial charge on any atom is 0.270 e. The fourth-order valence-electron chi connectivity index (χ4n) is 2.16. The molecule has 0 spiro atoms. The number of nitrogens with zero attached hydrogens (tertiary/aromatic N) is 4. The molecule has 0 amide bonds. The number of anilines is 1. The summed E-state index contributed by atoms with van der Waals surface area (Å²) < 4.78 is 1.55. The van der Waals surface area contributed by atoms with Crippen molar-refractivity contribution in [2.45, 2.75) is 6.67 Å². The number of carbonyl (C=O) groups excluding carboxylic acids is 1. The van der Waals surface area contributed by atoms with Crippen LogP contribution in [0.2, 0.25) is 0 Å². The van der Waals surface area contributed by atoms with Crippen molar-refractivity contribution in [3.8, 4) is 0 Å². The number of fused-ring (bicyclic) bond motifs is 1. The summed E-state index contributed by atoms with van der Waals surface area (Å²) in [4.78, 5) is 21.2. The van der Waals surface area contributed by atoms with E-state index in [2.05, 4.69) is 15.6 Å². The minimum atomic E-state index is -1.50. The summed E-state index contributed by atoms with van der Waals surface area (Å²) in [7, 11) is 0. The molecule has 0 atom stereocenters. The second kappa shape index (κ2) is 5.72. The summed E-state index contributed by atoms with van der Waals surface area (Å²) in [6.07, 6.45) is 0. The number of rotatable bonds is 5. The molecule has 0 aliphatic carbocycles. The van der Waals surface area contributed by atoms with E-state index >= 15 is 0 Å². The Morgan fingerprint density at radius 1 is 1.26 bits per heavy atom. The quantitative estimate of drug-likeness (QED) is 0.544. The number of benzene rings is 2. The summed E-state index contributed by atoms with van der Waals surface area (Å²) in [6.45, 7) is 0.151. The highest BCUT2D eigenvalue weighted by Crippen LogP contribution is 2.22. The van der Waals surface area contributed by atoms with Gasteiger partial charge in [0.15, 0.2) is 0 Å². The molecule has 0 unspecified atom stereocenters. The molecular formula is C14H10N5O4-. The third kappa shape index (κ3) is 2.79. The average molecular weight is 312 g/mol. The van der Waals surface area contributed by atoms with Gasteiger partial charge in [0.1, 0.15) is 12.2 Å². The minimum absolute atomic E-state index is 0.151. The van der Waals surface area contributed by atoms with Gasteiger partial charge in [-0.3, -0.25) is 10.1 Å². The molecule has 0 radical (unpaired) electrons. The molecular weight excluding hydrogens is 302 g/mol. The molecule has 1 N–H and O–H groups in total. The van der Waals surface area contributed by atoms with Gasteiger partial charge in [-0.1, -0.05) is 17.3 Å². The molecule has 0 saturated carbocycles. The third-order valence-electron chi connectivity index (χ3n) is 3.27. The lowest BCUT2D eigenvalue weighted by Crippen LogP contribution is -2.24. The van der Waals surface area contributed by atoms with E-state index in [1.54, 1.807) is 10.7 Å². The Labute approximate surface area is 129 Å². The van der Waals surface area contributed by atoms with E-state index < -0.39 is 10.9 Å². The fourth-order valence-corrected chi connectivity index (χ4v) is 2.16. The van der Waals surface area contributed by atoms with Gasteiger partial charge >= 0.3 is 0 Å². The Hall–Kier alpha value is -3.49. The minimum Gasteiger partial charge on any atom is -0.545 e. The van der Waals surface area contributed by atoms with Gasteiger partial charge in [-0.25, -0.2) is 4.68 Å². The van der Waals surface area contributed by atoms with Crippen molar-refractivity contribution in [1.82, 2.24) is 15.0 Å². The number of hydrogen-bond donors (Lipinski definition) is 1. The van der Waals surface area contributed by atoms with Crippen LogP contribution >= 0.6 is 0 Å². The van der Waals surface area contributed by atoms with Gasteiger partial charge in [0.25, 0.3) is 5.69 Å². The second-order valence-electron chi connectivity index (χ2n) is 4.69. The topological polar surface area (TPSA) is 126 Å². The molecule has 0 bridgehead atoms. The molecule has 3 aromatic rings. The van der Waals surface area contributed by atoms with Crippen molar-refractivity contribution in [1.29, 1.82) is 0 Å². The number of hydrogen-bond acceptors (Lipinski definition) is 7. The summed E-state index contributed by atoms with van der Waals surface area (Å²) in [5.74, 6) is -1.50. The van der Waals surface area contributed by atoms with Crippen LogP contribution in [0.1, 0.15) is 10.4 Å². The second-order valence-corrected chi connectivity index (χ2v) is 4.69. The Kier molecular flexibility index (Phi) is 3.59. The van der Waals surface area contributed by atoms with Crippen molar-refractivity contribution < 1.29 is 14.8 Å². The molecule has 23 heavy (non-hydrogen) atoms. The van der Waals surface area contributed by atoms with Gasteiger partial charge in [-0.15, -0.1) is 5.10 Å². The molecule has 9 heteroatoms. The average Bonchev–Trinajstić information content (AvgIpc) is 2.95. The van der Waals surface area contributed by atoms with Crippen molar-refractivity contribution >= 4 is 28.4 Å². The molecule has 1 aromatic heterocycles. The molecule has 2 aromatic carbocycles.